The van der Waals surface area contributed by atoms with Crippen molar-refractivity contribution in [2.75, 3.05) is 6.61 Å². The lowest BCUT2D eigenvalue weighted by atomic mass is 10.1. The Balaban J connectivity index is 1.85. The van der Waals surface area contributed by atoms with Gasteiger partial charge in [-0.1, -0.05) is 6.92 Å². The fourth-order valence-corrected chi connectivity index (χ4v) is 3.27. The first-order valence-electron chi connectivity index (χ1n) is 7.61. The summed E-state index contributed by atoms with van der Waals surface area (Å²) in [6.07, 6.45) is 3.96. The van der Waals surface area contributed by atoms with Crippen LogP contribution >= 0.6 is 11.3 Å². The molecule has 0 spiro atoms. The van der Waals surface area contributed by atoms with Gasteiger partial charge in [0.25, 0.3) is 0 Å². The van der Waals surface area contributed by atoms with Crippen LogP contribution in [0.25, 0.3) is 16.2 Å². The van der Waals surface area contributed by atoms with Crippen LogP contribution in [0.1, 0.15) is 26.0 Å². The molecule has 0 aliphatic carbocycles. The van der Waals surface area contributed by atoms with Gasteiger partial charge in [0.05, 0.1) is 12.3 Å². The number of hydrogen-bond acceptors (Lipinski definition) is 4. The molecule has 1 unspecified atom stereocenters. The van der Waals surface area contributed by atoms with Gasteiger partial charge in [-0.05, 0) is 37.6 Å². The van der Waals surface area contributed by atoms with Crippen LogP contribution < -0.4 is 10.5 Å². The first-order chi connectivity index (χ1) is 10.7. The van der Waals surface area contributed by atoms with Crippen molar-refractivity contribution in [3.05, 3.63) is 41.5 Å². The molecule has 4 nitrogen and oxygen atoms in total. The van der Waals surface area contributed by atoms with E-state index >= 15 is 0 Å². The molecule has 5 heteroatoms. The number of nitrogens with zero attached hydrogens (tertiary/aromatic N) is 2. The Kier molecular flexibility index (Phi) is 4.45. The number of ether oxygens (including phenoxy) is 1. The van der Waals surface area contributed by atoms with Gasteiger partial charge in [0.2, 0.25) is 0 Å². The molecule has 116 valence electrons. The van der Waals surface area contributed by atoms with Gasteiger partial charge in [0, 0.05) is 35.3 Å². The predicted octanol–water partition coefficient (Wildman–Crippen LogP) is 3.74. The van der Waals surface area contributed by atoms with Crippen molar-refractivity contribution < 1.29 is 4.74 Å². The Hall–Kier alpha value is -1.85. The number of imidazole rings is 1. The summed E-state index contributed by atoms with van der Waals surface area (Å²) in [5.41, 5.74) is 9.21. The summed E-state index contributed by atoms with van der Waals surface area (Å²) in [6.45, 7) is 4.88. The van der Waals surface area contributed by atoms with Crippen LogP contribution in [0.4, 0.5) is 0 Å². The van der Waals surface area contributed by atoms with E-state index in [0.717, 1.165) is 41.4 Å². The molecular weight excluding hydrogens is 294 g/mol. The van der Waals surface area contributed by atoms with E-state index in [-0.39, 0.29) is 6.04 Å². The Morgan fingerprint density at radius 2 is 2.09 bits per heavy atom. The zero-order valence-corrected chi connectivity index (χ0v) is 13.8. The second-order valence-electron chi connectivity index (χ2n) is 5.56. The molecule has 0 aliphatic rings. The molecule has 3 rings (SSSR count). The maximum Gasteiger partial charge on any atom is 0.194 e. The number of thiazole rings is 1. The van der Waals surface area contributed by atoms with E-state index in [4.69, 9.17) is 15.5 Å². The minimum Gasteiger partial charge on any atom is -0.494 e. The third-order valence-corrected chi connectivity index (χ3v) is 4.33. The summed E-state index contributed by atoms with van der Waals surface area (Å²) < 4.78 is 7.76. The highest BCUT2D eigenvalue weighted by molar-refractivity contribution is 7.15. The fraction of sp³-hybridized carbons (Fsp3) is 0.353. The molecule has 1 aromatic carbocycles. The Morgan fingerprint density at radius 1 is 1.32 bits per heavy atom. The number of aromatic nitrogens is 2. The van der Waals surface area contributed by atoms with Crippen molar-refractivity contribution in [1.29, 1.82) is 0 Å². The molecule has 0 amide bonds. The van der Waals surface area contributed by atoms with E-state index in [1.54, 1.807) is 11.3 Å². The largest absolute Gasteiger partial charge is 0.494 e. The van der Waals surface area contributed by atoms with Crippen LogP contribution in [0, 0.1) is 0 Å². The van der Waals surface area contributed by atoms with Crippen molar-refractivity contribution in [3.63, 3.8) is 0 Å². The van der Waals surface area contributed by atoms with Gasteiger partial charge in [0.15, 0.2) is 4.96 Å². The summed E-state index contributed by atoms with van der Waals surface area (Å²) in [7, 11) is 0. The maximum absolute atomic E-state index is 5.91. The predicted molar refractivity (Wildman–Crippen MR) is 91.6 cm³/mol. The Labute approximate surface area is 134 Å². The molecule has 1 atom stereocenters. The molecule has 0 saturated carbocycles. The number of hydrogen-bond donors (Lipinski definition) is 1. The van der Waals surface area contributed by atoms with Crippen LogP contribution in [0.2, 0.25) is 0 Å². The summed E-state index contributed by atoms with van der Waals surface area (Å²) in [4.78, 5) is 5.71. The van der Waals surface area contributed by atoms with Crippen LogP contribution in [0.5, 0.6) is 5.75 Å². The fourth-order valence-electron chi connectivity index (χ4n) is 2.39. The number of benzene rings is 1. The molecule has 2 N–H and O–H groups in total. The highest BCUT2D eigenvalue weighted by Gasteiger charge is 2.10. The number of nitrogens with two attached hydrogens (primary N) is 1. The zero-order valence-electron chi connectivity index (χ0n) is 13.0. The van der Waals surface area contributed by atoms with E-state index in [2.05, 4.69) is 35.0 Å². The maximum atomic E-state index is 5.91. The number of rotatable bonds is 6. The third-order valence-electron chi connectivity index (χ3n) is 3.44. The van der Waals surface area contributed by atoms with E-state index in [0.29, 0.717) is 0 Å². The molecule has 22 heavy (non-hydrogen) atoms. The lowest BCUT2D eigenvalue weighted by molar-refractivity contribution is 0.317. The lowest BCUT2D eigenvalue weighted by Crippen LogP contribution is -2.18. The highest BCUT2D eigenvalue weighted by atomic mass is 32.1. The first-order valence-corrected chi connectivity index (χ1v) is 8.49. The molecule has 0 fully saturated rings. The second kappa shape index (κ2) is 6.50. The van der Waals surface area contributed by atoms with E-state index in [1.165, 1.54) is 5.69 Å². The lowest BCUT2D eigenvalue weighted by Gasteiger charge is -2.04. The molecule has 0 saturated heterocycles. The second-order valence-corrected chi connectivity index (χ2v) is 6.40. The molecule has 2 heterocycles. The average molecular weight is 315 g/mol. The van der Waals surface area contributed by atoms with Crippen LogP contribution in [0.3, 0.4) is 0 Å². The molecule has 2 aromatic heterocycles. The van der Waals surface area contributed by atoms with Crippen LogP contribution in [-0.4, -0.2) is 22.0 Å². The van der Waals surface area contributed by atoms with Crippen LogP contribution in [-0.2, 0) is 6.42 Å². The van der Waals surface area contributed by atoms with E-state index in [1.807, 2.05) is 19.1 Å². The van der Waals surface area contributed by atoms with Gasteiger partial charge in [-0.25, -0.2) is 4.98 Å². The summed E-state index contributed by atoms with van der Waals surface area (Å²) in [6, 6.07) is 8.27. The molecule has 0 bridgehead atoms. The highest BCUT2D eigenvalue weighted by Crippen LogP contribution is 2.25. The standard InChI is InChI=1S/C17H21N3OS/c1-3-8-21-15-6-4-13(5-7-15)16-10-20-14(9-12(2)18)11-22-17(20)19-16/h4-7,10-12H,3,8-9,18H2,1-2H3. The van der Waals surface area contributed by atoms with Gasteiger partial charge < -0.3 is 10.5 Å². The summed E-state index contributed by atoms with van der Waals surface area (Å²) in [5.74, 6) is 0.907. The smallest absolute Gasteiger partial charge is 0.194 e. The first kappa shape index (κ1) is 15.1. The van der Waals surface area contributed by atoms with Gasteiger partial charge >= 0.3 is 0 Å². The average Bonchev–Trinajstić information content (AvgIpc) is 3.07. The van der Waals surface area contributed by atoms with Crippen LogP contribution in [0.15, 0.2) is 35.8 Å². The minimum absolute atomic E-state index is 0.152. The molecule has 0 radical (unpaired) electrons. The summed E-state index contributed by atoms with van der Waals surface area (Å²) in [5, 5.41) is 2.14. The molecule has 0 aliphatic heterocycles. The molecule has 3 aromatic rings. The Bertz CT molecular complexity index is 743. The topological polar surface area (TPSA) is 52.5 Å². The van der Waals surface area contributed by atoms with E-state index in [9.17, 15) is 0 Å². The monoisotopic (exact) mass is 315 g/mol. The normalized spacial score (nSPS) is 12.7. The quantitative estimate of drug-likeness (QED) is 0.754. The third kappa shape index (κ3) is 3.15. The van der Waals surface area contributed by atoms with Crippen molar-refractivity contribution in [3.8, 4) is 17.0 Å². The van der Waals surface area contributed by atoms with Gasteiger partial charge in [-0.15, -0.1) is 11.3 Å². The van der Waals surface area contributed by atoms with Crippen molar-refractivity contribution in [2.24, 2.45) is 5.73 Å². The van der Waals surface area contributed by atoms with Gasteiger partial charge in [0.1, 0.15) is 5.75 Å². The zero-order chi connectivity index (χ0) is 15.5. The van der Waals surface area contributed by atoms with E-state index < -0.39 is 0 Å². The van der Waals surface area contributed by atoms with Gasteiger partial charge in [-0.2, -0.15) is 0 Å². The Morgan fingerprint density at radius 3 is 2.77 bits per heavy atom. The van der Waals surface area contributed by atoms with Crippen molar-refractivity contribution in [1.82, 2.24) is 9.38 Å². The number of fused-ring (bicyclic) bond motifs is 1. The SMILES string of the molecule is CCCOc1ccc(-c2cn3c(CC(C)N)csc3n2)cc1. The van der Waals surface area contributed by atoms with Crippen molar-refractivity contribution in [2.45, 2.75) is 32.7 Å². The van der Waals surface area contributed by atoms with Crippen molar-refractivity contribution >= 4 is 16.3 Å². The summed E-state index contributed by atoms with van der Waals surface area (Å²) >= 11 is 1.66. The molecular formula is C17H21N3OS. The van der Waals surface area contributed by atoms with Gasteiger partial charge in [-0.3, -0.25) is 4.40 Å². The minimum atomic E-state index is 0.152.